The summed E-state index contributed by atoms with van der Waals surface area (Å²) in [6, 6.07) is 13.3. The topological polar surface area (TPSA) is 54.4 Å². The van der Waals surface area contributed by atoms with E-state index < -0.39 is 46.4 Å². The van der Waals surface area contributed by atoms with Gasteiger partial charge in [0, 0.05) is 0 Å². The molecule has 0 bridgehead atoms. The van der Waals surface area contributed by atoms with Crippen molar-refractivity contribution in [2.45, 2.75) is 17.2 Å². The highest BCUT2D eigenvalue weighted by atomic mass is 32.2. The highest BCUT2D eigenvalue weighted by molar-refractivity contribution is 7.86. The van der Waals surface area contributed by atoms with Crippen LogP contribution in [0.5, 0.6) is 0 Å². The third kappa shape index (κ3) is 5.44. The molecule has 0 saturated heterocycles. The predicted molar refractivity (Wildman–Crippen MR) is 105 cm³/mol. The summed E-state index contributed by atoms with van der Waals surface area (Å²) in [4.78, 5) is -0.434. The monoisotopic (exact) mass is 478 g/mol. The summed E-state index contributed by atoms with van der Waals surface area (Å²) in [5.74, 6) is 0. The maximum atomic E-state index is 12.9. The maximum Gasteiger partial charge on any atom is 0.416 e. The quantitative estimate of drug-likeness (QED) is 0.335. The standard InChI is InChI=1S/C20H13F6O3PS/c21-19(22,23)13-4-8-15(9-5-13)30(16-10-6-14(7-11-16)20(24,25)26)17-2-1-3-18(12-17)31(27,28)29/h1-12H,(H,27,28,29). The maximum absolute atomic E-state index is 12.9. The van der Waals surface area contributed by atoms with Crippen molar-refractivity contribution in [1.29, 1.82) is 0 Å². The van der Waals surface area contributed by atoms with Gasteiger partial charge in [-0.2, -0.15) is 34.8 Å². The normalized spacial score (nSPS) is 12.9. The summed E-state index contributed by atoms with van der Waals surface area (Å²) in [7, 11) is -6.28. The Balaban J connectivity index is 2.15. The molecule has 0 radical (unpaired) electrons. The number of halogens is 6. The summed E-state index contributed by atoms with van der Waals surface area (Å²) < 4.78 is 110. The fraction of sp³-hybridized carbons (Fsp3) is 0.100. The minimum Gasteiger partial charge on any atom is -0.282 e. The predicted octanol–water partition coefficient (Wildman–Crippen LogP) is 4.73. The Morgan fingerprint density at radius 1 is 0.645 bits per heavy atom. The van der Waals surface area contributed by atoms with E-state index in [4.69, 9.17) is 0 Å². The molecular weight excluding hydrogens is 465 g/mol. The minimum absolute atomic E-state index is 0.324. The Bertz CT molecular complexity index is 1110. The van der Waals surface area contributed by atoms with Gasteiger partial charge in [-0.25, -0.2) is 0 Å². The van der Waals surface area contributed by atoms with Crippen molar-refractivity contribution < 1.29 is 39.3 Å². The van der Waals surface area contributed by atoms with Crippen LogP contribution in [0.3, 0.4) is 0 Å². The van der Waals surface area contributed by atoms with Crippen LogP contribution in [0.1, 0.15) is 11.1 Å². The van der Waals surface area contributed by atoms with Gasteiger partial charge in [-0.15, -0.1) is 0 Å². The van der Waals surface area contributed by atoms with Gasteiger partial charge < -0.3 is 0 Å². The number of hydrogen-bond acceptors (Lipinski definition) is 2. The van der Waals surface area contributed by atoms with Crippen LogP contribution in [0.25, 0.3) is 0 Å². The zero-order valence-corrected chi connectivity index (χ0v) is 17.0. The first kappa shape index (κ1) is 23.2. The SMILES string of the molecule is O=S(=O)(O)c1cccc(P(c2ccc(C(F)(F)F)cc2)c2ccc(C(F)(F)F)cc2)c1. The van der Waals surface area contributed by atoms with E-state index in [1.807, 2.05) is 0 Å². The van der Waals surface area contributed by atoms with E-state index in [0.717, 1.165) is 36.4 Å². The number of benzene rings is 3. The molecule has 3 aromatic carbocycles. The first-order valence-electron chi connectivity index (χ1n) is 8.49. The smallest absolute Gasteiger partial charge is 0.282 e. The molecule has 0 aromatic heterocycles. The van der Waals surface area contributed by atoms with Crippen molar-refractivity contribution in [2.24, 2.45) is 0 Å². The number of alkyl halides is 6. The average Bonchev–Trinajstić information content (AvgIpc) is 2.67. The lowest BCUT2D eigenvalue weighted by molar-refractivity contribution is -0.138. The molecule has 31 heavy (non-hydrogen) atoms. The molecule has 3 nitrogen and oxygen atoms in total. The van der Waals surface area contributed by atoms with Gasteiger partial charge in [0.25, 0.3) is 10.1 Å². The molecule has 11 heteroatoms. The van der Waals surface area contributed by atoms with Crippen LogP contribution >= 0.6 is 7.92 Å². The van der Waals surface area contributed by atoms with Crippen molar-refractivity contribution in [1.82, 2.24) is 0 Å². The fourth-order valence-corrected chi connectivity index (χ4v) is 5.74. The minimum atomic E-state index is -4.57. The van der Waals surface area contributed by atoms with Gasteiger partial charge in [-0.3, -0.25) is 4.55 Å². The van der Waals surface area contributed by atoms with E-state index in [1.165, 1.54) is 36.4 Å². The van der Waals surface area contributed by atoms with Crippen LogP contribution < -0.4 is 15.9 Å². The molecule has 164 valence electrons. The summed E-state index contributed by atoms with van der Waals surface area (Å²) in [5.41, 5.74) is -1.80. The molecule has 0 heterocycles. The lowest BCUT2D eigenvalue weighted by atomic mass is 10.2. The summed E-state index contributed by atoms with van der Waals surface area (Å²) in [6.07, 6.45) is -9.14. The molecule has 0 unspecified atom stereocenters. The van der Waals surface area contributed by atoms with E-state index in [2.05, 4.69) is 0 Å². The van der Waals surface area contributed by atoms with E-state index in [0.29, 0.717) is 15.9 Å². The van der Waals surface area contributed by atoms with Crippen molar-refractivity contribution in [2.75, 3.05) is 0 Å². The van der Waals surface area contributed by atoms with Crippen LogP contribution in [0.2, 0.25) is 0 Å². The second-order valence-electron chi connectivity index (χ2n) is 6.40. The molecule has 3 aromatic rings. The number of rotatable bonds is 4. The molecule has 0 aliphatic heterocycles. The molecule has 0 atom stereocenters. The molecule has 0 amide bonds. The zero-order chi connectivity index (χ0) is 23.0. The third-order valence-corrected chi connectivity index (χ3v) is 7.55. The van der Waals surface area contributed by atoms with Gasteiger partial charge in [0.2, 0.25) is 0 Å². The second kappa shape index (κ2) is 8.26. The number of hydrogen-bond donors (Lipinski definition) is 1. The Morgan fingerprint density at radius 3 is 1.42 bits per heavy atom. The van der Waals surface area contributed by atoms with Crippen LogP contribution in [0.15, 0.2) is 77.7 Å². The molecule has 0 spiro atoms. The van der Waals surface area contributed by atoms with Gasteiger partial charge in [-0.1, -0.05) is 36.4 Å². The molecule has 0 aliphatic carbocycles. The average molecular weight is 478 g/mol. The van der Waals surface area contributed by atoms with E-state index in [-0.39, 0.29) is 0 Å². The molecular formula is C20H13F6O3PS. The highest BCUT2D eigenvalue weighted by Gasteiger charge is 2.32. The Hall–Kier alpha value is -2.42. The van der Waals surface area contributed by atoms with Crippen molar-refractivity contribution in [3.05, 3.63) is 83.9 Å². The van der Waals surface area contributed by atoms with Crippen LogP contribution in [-0.2, 0) is 22.5 Å². The summed E-state index contributed by atoms with van der Waals surface area (Å²) >= 11 is 0. The van der Waals surface area contributed by atoms with Gasteiger partial charge in [-0.05, 0) is 60.2 Å². The summed E-state index contributed by atoms with van der Waals surface area (Å²) in [6.45, 7) is 0. The largest absolute Gasteiger partial charge is 0.416 e. The lowest BCUT2D eigenvalue weighted by Crippen LogP contribution is -2.22. The van der Waals surface area contributed by atoms with Crippen LogP contribution in [-0.4, -0.2) is 13.0 Å². The zero-order valence-electron chi connectivity index (χ0n) is 15.3. The van der Waals surface area contributed by atoms with E-state index in [9.17, 15) is 39.3 Å². The third-order valence-electron chi connectivity index (χ3n) is 4.28. The first-order valence-corrected chi connectivity index (χ1v) is 11.3. The molecule has 3 rings (SSSR count). The van der Waals surface area contributed by atoms with E-state index in [1.54, 1.807) is 0 Å². The molecule has 0 saturated carbocycles. The van der Waals surface area contributed by atoms with Gasteiger partial charge in [0.1, 0.15) is 0 Å². The van der Waals surface area contributed by atoms with Crippen molar-refractivity contribution >= 4 is 34.0 Å². The van der Waals surface area contributed by atoms with Crippen molar-refractivity contribution in [3.63, 3.8) is 0 Å². The molecule has 0 fully saturated rings. The fourth-order valence-electron chi connectivity index (χ4n) is 2.83. The van der Waals surface area contributed by atoms with Gasteiger partial charge in [0.05, 0.1) is 16.0 Å². The Morgan fingerprint density at radius 2 is 1.06 bits per heavy atom. The summed E-state index contributed by atoms with van der Waals surface area (Å²) in [5, 5.41) is 1.04. The lowest BCUT2D eigenvalue weighted by Gasteiger charge is -2.21. The van der Waals surface area contributed by atoms with E-state index >= 15 is 0 Å². The highest BCUT2D eigenvalue weighted by Crippen LogP contribution is 2.37. The first-order chi connectivity index (χ1) is 14.3. The van der Waals surface area contributed by atoms with Crippen LogP contribution in [0, 0.1) is 0 Å². The van der Waals surface area contributed by atoms with Crippen LogP contribution in [0.4, 0.5) is 26.3 Å². The second-order valence-corrected chi connectivity index (χ2v) is 10.0. The van der Waals surface area contributed by atoms with Crippen molar-refractivity contribution in [3.8, 4) is 0 Å². The Kier molecular flexibility index (Phi) is 6.19. The Labute approximate surface area is 174 Å². The van der Waals surface area contributed by atoms with Gasteiger partial charge >= 0.3 is 12.4 Å². The molecule has 0 aliphatic rings. The van der Waals surface area contributed by atoms with Gasteiger partial charge in [0.15, 0.2) is 0 Å². The molecule has 1 N–H and O–H groups in total.